The van der Waals surface area contributed by atoms with Gasteiger partial charge in [0.15, 0.2) is 0 Å². The molecule has 0 aromatic heterocycles. The van der Waals surface area contributed by atoms with Crippen molar-refractivity contribution in [2.45, 2.75) is 38.8 Å². The number of piperidine rings is 1. The molecule has 6 heteroatoms. The summed E-state index contributed by atoms with van der Waals surface area (Å²) in [6.07, 6.45) is 2.93. The molecule has 2 heterocycles. The first kappa shape index (κ1) is 21.8. The van der Waals surface area contributed by atoms with Gasteiger partial charge in [-0.25, -0.2) is 0 Å². The van der Waals surface area contributed by atoms with Crippen LogP contribution in [-0.4, -0.2) is 47.8 Å². The van der Waals surface area contributed by atoms with E-state index in [4.69, 9.17) is 11.6 Å². The zero-order valence-corrected chi connectivity index (χ0v) is 18.8. The second-order valence-electron chi connectivity index (χ2n) is 8.74. The molecule has 2 aliphatic heterocycles. The Balaban J connectivity index is 1.47. The number of rotatable bonds is 5. The van der Waals surface area contributed by atoms with E-state index in [9.17, 15) is 9.59 Å². The summed E-state index contributed by atoms with van der Waals surface area (Å²) in [5.41, 5.74) is 3.21. The number of nitrogens with zero attached hydrogens (tertiary/aromatic N) is 2. The van der Waals surface area contributed by atoms with Crippen molar-refractivity contribution in [2.24, 2.45) is 5.92 Å². The van der Waals surface area contributed by atoms with Crippen LogP contribution in [0.1, 0.15) is 42.5 Å². The number of halogens is 1. The zero-order chi connectivity index (χ0) is 21.8. The summed E-state index contributed by atoms with van der Waals surface area (Å²) >= 11 is 6.04. The second-order valence-corrected chi connectivity index (χ2v) is 9.17. The van der Waals surface area contributed by atoms with Gasteiger partial charge < -0.3 is 10.2 Å². The maximum Gasteiger partial charge on any atom is 0.244 e. The van der Waals surface area contributed by atoms with Gasteiger partial charge in [-0.3, -0.25) is 14.5 Å². The quantitative estimate of drug-likeness (QED) is 0.770. The van der Waals surface area contributed by atoms with E-state index in [1.165, 1.54) is 5.56 Å². The minimum absolute atomic E-state index is 0.0792. The van der Waals surface area contributed by atoms with Crippen molar-refractivity contribution in [3.8, 4) is 0 Å². The Kier molecular flexibility index (Phi) is 6.93. The molecular formula is C25H30ClN3O2. The van der Waals surface area contributed by atoms with Gasteiger partial charge in [-0.2, -0.15) is 0 Å². The molecule has 0 aliphatic carbocycles. The summed E-state index contributed by atoms with van der Waals surface area (Å²) < 4.78 is 0. The number of hydrogen-bond donors (Lipinski definition) is 1. The predicted octanol–water partition coefficient (Wildman–Crippen LogP) is 3.81. The summed E-state index contributed by atoms with van der Waals surface area (Å²) in [7, 11) is 0. The van der Waals surface area contributed by atoms with Crippen molar-refractivity contribution in [1.82, 2.24) is 15.1 Å². The highest BCUT2D eigenvalue weighted by Gasteiger charge is 2.37. The van der Waals surface area contributed by atoms with Gasteiger partial charge in [0.05, 0.1) is 6.54 Å². The number of carbonyl (C=O) groups excluding carboxylic acids is 2. The third kappa shape index (κ3) is 5.28. The Morgan fingerprint density at radius 2 is 1.84 bits per heavy atom. The molecule has 2 aliphatic rings. The molecule has 1 fully saturated rings. The number of amides is 2. The highest BCUT2D eigenvalue weighted by Crippen LogP contribution is 2.32. The number of carbonyl (C=O) groups is 2. The number of benzene rings is 2. The normalized spacial score (nSPS) is 19.7. The third-order valence-electron chi connectivity index (χ3n) is 6.44. The second kappa shape index (κ2) is 9.84. The van der Waals surface area contributed by atoms with Crippen LogP contribution in [0.25, 0.3) is 0 Å². The van der Waals surface area contributed by atoms with Crippen molar-refractivity contribution in [1.29, 1.82) is 0 Å². The smallest absolute Gasteiger partial charge is 0.244 e. The van der Waals surface area contributed by atoms with Crippen LogP contribution in [-0.2, 0) is 22.6 Å². The van der Waals surface area contributed by atoms with Crippen LogP contribution in [0.2, 0.25) is 5.02 Å². The molecule has 2 aromatic rings. The molecular weight excluding hydrogens is 410 g/mol. The van der Waals surface area contributed by atoms with Crippen LogP contribution < -0.4 is 5.32 Å². The average Bonchev–Trinajstić information content (AvgIpc) is 2.78. The Bertz CT molecular complexity index is 940. The van der Waals surface area contributed by atoms with Gasteiger partial charge in [0, 0.05) is 31.2 Å². The molecule has 1 saturated heterocycles. The first-order chi connectivity index (χ1) is 15.0. The van der Waals surface area contributed by atoms with E-state index in [0.717, 1.165) is 43.5 Å². The molecule has 5 nitrogen and oxygen atoms in total. The molecule has 1 N–H and O–H groups in total. The van der Waals surface area contributed by atoms with Crippen molar-refractivity contribution >= 4 is 23.4 Å². The largest absolute Gasteiger partial charge is 0.351 e. The Labute approximate surface area is 189 Å². The molecule has 0 bridgehead atoms. The van der Waals surface area contributed by atoms with Gasteiger partial charge in [-0.15, -0.1) is 0 Å². The molecule has 2 amide bonds. The molecule has 31 heavy (non-hydrogen) atoms. The van der Waals surface area contributed by atoms with Crippen molar-refractivity contribution in [3.63, 3.8) is 0 Å². The van der Waals surface area contributed by atoms with Crippen LogP contribution in [0.15, 0.2) is 48.5 Å². The average molecular weight is 440 g/mol. The maximum absolute atomic E-state index is 13.6. The fourth-order valence-electron chi connectivity index (χ4n) is 4.57. The molecule has 0 radical (unpaired) electrons. The monoisotopic (exact) mass is 439 g/mol. The number of hydrogen-bond acceptors (Lipinski definition) is 3. The number of nitrogens with one attached hydrogen (secondary N) is 1. The van der Waals surface area contributed by atoms with Gasteiger partial charge in [0.25, 0.3) is 0 Å². The Morgan fingerprint density at radius 3 is 2.61 bits per heavy atom. The Morgan fingerprint density at radius 1 is 1.06 bits per heavy atom. The van der Waals surface area contributed by atoms with Crippen LogP contribution in [0.3, 0.4) is 0 Å². The highest BCUT2D eigenvalue weighted by molar-refractivity contribution is 6.30. The van der Waals surface area contributed by atoms with E-state index in [1.54, 1.807) is 0 Å². The van der Waals surface area contributed by atoms with Crippen LogP contribution >= 0.6 is 11.6 Å². The minimum Gasteiger partial charge on any atom is -0.351 e. The van der Waals surface area contributed by atoms with Gasteiger partial charge in [0.1, 0.15) is 6.04 Å². The van der Waals surface area contributed by atoms with E-state index in [1.807, 2.05) is 52.3 Å². The SMILES string of the molecule is CC1CCN(C(=O)[C@H]2c3ccccc3CCN2CC(=O)NCc2cccc(Cl)c2)CC1. The van der Waals surface area contributed by atoms with E-state index in [0.29, 0.717) is 24.0 Å². The molecule has 164 valence electrons. The van der Waals surface area contributed by atoms with E-state index in [-0.39, 0.29) is 18.4 Å². The van der Waals surface area contributed by atoms with Gasteiger partial charge >= 0.3 is 0 Å². The van der Waals surface area contributed by atoms with Crippen molar-refractivity contribution in [2.75, 3.05) is 26.2 Å². The molecule has 0 saturated carbocycles. The van der Waals surface area contributed by atoms with Gasteiger partial charge in [-0.05, 0) is 54.0 Å². The lowest BCUT2D eigenvalue weighted by atomic mass is 9.90. The summed E-state index contributed by atoms with van der Waals surface area (Å²) in [5, 5.41) is 3.63. The lowest BCUT2D eigenvalue weighted by Crippen LogP contribution is -2.50. The highest BCUT2D eigenvalue weighted by atomic mass is 35.5. The molecule has 0 spiro atoms. The van der Waals surface area contributed by atoms with E-state index < -0.39 is 6.04 Å². The fourth-order valence-corrected chi connectivity index (χ4v) is 4.78. The molecule has 1 atom stereocenters. The summed E-state index contributed by atoms with van der Waals surface area (Å²) in [6, 6.07) is 15.2. The summed E-state index contributed by atoms with van der Waals surface area (Å²) in [5.74, 6) is 0.710. The standard InChI is InChI=1S/C25H30ClN3O2/c1-18-9-12-28(13-10-18)25(31)24-22-8-3-2-6-20(22)11-14-29(24)17-23(30)27-16-19-5-4-7-21(26)15-19/h2-8,15,18,24H,9-14,16-17H2,1H3,(H,27,30)/t24-/m1/s1. The molecule has 0 unspecified atom stereocenters. The fraction of sp³-hybridized carbons (Fsp3) is 0.440. The summed E-state index contributed by atoms with van der Waals surface area (Å²) in [6.45, 7) is 5.17. The van der Waals surface area contributed by atoms with Gasteiger partial charge in [0.2, 0.25) is 11.8 Å². The van der Waals surface area contributed by atoms with Gasteiger partial charge in [-0.1, -0.05) is 54.9 Å². The third-order valence-corrected chi connectivity index (χ3v) is 6.67. The molecule has 4 rings (SSSR count). The minimum atomic E-state index is -0.393. The van der Waals surface area contributed by atoms with Crippen molar-refractivity contribution < 1.29 is 9.59 Å². The summed E-state index contributed by atoms with van der Waals surface area (Å²) in [4.78, 5) is 30.4. The van der Waals surface area contributed by atoms with E-state index >= 15 is 0 Å². The first-order valence-electron chi connectivity index (χ1n) is 11.1. The van der Waals surface area contributed by atoms with E-state index in [2.05, 4.69) is 18.3 Å². The Hall–Kier alpha value is -2.37. The lowest BCUT2D eigenvalue weighted by Gasteiger charge is -2.40. The number of likely N-dealkylation sites (tertiary alicyclic amines) is 1. The lowest BCUT2D eigenvalue weighted by molar-refractivity contribution is -0.140. The van der Waals surface area contributed by atoms with Crippen LogP contribution in [0.4, 0.5) is 0 Å². The van der Waals surface area contributed by atoms with Crippen molar-refractivity contribution in [3.05, 3.63) is 70.2 Å². The van der Waals surface area contributed by atoms with Crippen LogP contribution in [0, 0.1) is 5.92 Å². The van der Waals surface area contributed by atoms with Crippen LogP contribution in [0.5, 0.6) is 0 Å². The molecule has 2 aromatic carbocycles. The zero-order valence-electron chi connectivity index (χ0n) is 18.0. The maximum atomic E-state index is 13.6. The predicted molar refractivity (Wildman–Crippen MR) is 123 cm³/mol. The topological polar surface area (TPSA) is 52.7 Å². The number of fused-ring (bicyclic) bond motifs is 1. The first-order valence-corrected chi connectivity index (χ1v) is 11.5.